The van der Waals surface area contributed by atoms with Crippen molar-refractivity contribution >= 4 is 16.8 Å². The number of phenolic OH excluding ortho intramolecular Hbond substituents is 1. The summed E-state index contributed by atoms with van der Waals surface area (Å²) < 4.78 is 32.1. The highest BCUT2D eigenvalue weighted by Crippen LogP contribution is 2.22. The van der Waals surface area contributed by atoms with Crippen LogP contribution in [0.4, 0.5) is 8.78 Å². The number of halogens is 2. The number of nitrogens with zero attached hydrogens (tertiary/aromatic N) is 1. The van der Waals surface area contributed by atoms with E-state index in [1.54, 1.807) is 24.3 Å². The van der Waals surface area contributed by atoms with Gasteiger partial charge >= 0.3 is 0 Å². The fraction of sp³-hybridized carbons (Fsp3) is 0.182. The first-order chi connectivity index (χ1) is 15.2. The summed E-state index contributed by atoms with van der Waals surface area (Å²) in [6, 6.07) is 8.02. The second kappa shape index (κ2) is 8.22. The van der Waals surface area contributed by atoms with Gasteiger partial charge in [0.15, 0.2) is 12.5 Å². The van der Waals surface area contributed by atoms with Gasteiger partial charge < -0.3 is 25.5 Å². The first-order valence-corrected chi connectivity index (χ1v) is 9.71. The summed E-state index contributed by atoms with van der Waals surface area (Å²) in [6.07, 6.45) is 5.91. The number of nitrogens with one attached hydrogen (secondary N) is 3. The molecule has 166 valence electrons. The zero-order valence-corrected chi connectivity index (χ0v) is 17.0. The molecule has 10 heteroatoms. The van der Waals surface area contributed by atoms with E-state index in [2.05, 4.69) is 15.6 Å². The molecule has 0 spiro atoms. The normalized spacial score (nSPS) is 13.8. The Balaban J connectivity index is 1.58. The lowest BCUT2D eigenvalue weighted by atomic mass is 10.2. The number of amides is 1. The number of aromatic nitrogens is 2. The first-order valence-electron chi connectivity index (χ1n) is 9.71. The average molecular weight is 442 g/mol. The van der Waals surface area contributed by atoms with Gasteiger partial charge in [-0.2, -0.15) is 0 Å². The highest BCUT2D eigenvalue weighted by molar-refractivity contribution is 6.07. The second-order valence-electron chi connectivity index (χ2n) is 7.36. The number of phenols is 1. The lowest BCUT2D eigenvalue weighted by molar-refractivity contribution is -0.0468. The molecule has 1 aliphatic heterocycles. The summed E-state index contributed by atoms with van der Waals surface area (Å²) in [4.78, 5) is 28.8. The Morgan fingerprint density at radius 1 is 1.28 bits per heavy atom. The van der Waals surface area contributed by atoms with Gasteiger partial charge in [0, 0.05) is 25.0 Å². The number of hydrogen-bond acceptors (Lipinski definition) is 5. The maximum Gasteiger partial charge on any atom is 0.278 e. The molecule has 1 amide bonds. The SMILES string of the molecule is CC(F)(F)COC1=CC=C(NC(=O)c2c[nH]c3ccn(-c4ccccc4O)c(=O)c23)CN1. The van der Waals surface area contributed by atoms with Crippen LogP contribution in [-0.2, 0) is 4.74 Å². The number of allylic oxidation sites excluding steroid dienone is 2. The van der Waals surface area contributed by atoms with Crippen LogP contribution in [0.15, 0.2) is 71.3 Å². The minimum Gasteiger partial charge on any atom is -0.506 e. The minimum absolute atomic E-state index is 0.0698. The van der Waals surface area contributed by atoms with Crippen molar-refractivity contribution in [2.24, 2.45) is 0 Å². The highest BCUT2D eigenvalue weighted by atomic mass is 19.3. The van der Waals surface area contributed by atoms with Gasteiger partial charge in [-0.3, -0.25) is 14.2 Å². The molecule has 0 unspecified atom stereocenters. The number of alkyl halides is 2. The fourth-order valence-electron chi connectivity index (χ4n) is 3.25. The Morgan fingerprint density at radius 3 is 2.75 bits per heavy atom. The number of fused-ring (bicyclic) bond motifs is 1. The molecule has 0 radical (unpaired) electrons. The van der Waals surface area contributed by atoms with E-state index >= 15 is 0 Å². The van der Waals surface area contributed by atoms with Crippen molar-refractivity contribution in [1.29, 1.82) is 0 Å². The Kier molecular flexibility index (Phi) is 5.43. The minimum atomic E-state index is -2.96. The maximum absolute atomic E-state index is 13.1. The van der Waals surface area contributed by atoms with E-state index in [-0.39, 0.29) is 29.1 Å². The van der Waals surface area contributed by atoms with E-state index in [0.29, 0.717) is 16.9 Å². The monoisotopic (exact) mass is 442 g/mol. The molecule has 2 aromatic heterocycles. The molecule has 3 heterocycles. The van der Waals surface area contributed by atoms with Crippen molar-refractivity contribution in [3.8, 4) is 11.4 Å². The average Bonchev–Trinajstić information content (AvgIpc) is 3.19. The van der Waals surface area contributed by atoms with Gasteiger partial charge in [0.25, 0.3) is 17.4 Å². The number of benzene rings is 1. The van der Waals surface area contributed by atoms with Gasteiger partial charge in [-0.05, 0) is 30.4 Å². The zero-order valence-electron chi connectivity index (χ0n) is 17.0. The number of pyridine rings is 1. The molecule has 1 aromatic carbocycles. The molecule has 4 rings (SSSR count). The van der Waals surface area contributed by atoms with Crippen LogP contribution < -0.4 is 16.2 Å². The first kappa shape index (κ1) is 21.2. The van der Waals surface area contributed by atoms with Gasteiger partial charge in [-0.25, -0.2) is 8.78 Å². The van der Waals surface area contributed by atoms with E-state index in [4.69, 9.17) is 4.74 Å². The van der Waals surface area contributed by atoms with Crippen molar-refractivity contribution in [1.82, 2.24) is 20.2 Å². The van der Waals surface area contributed by atoms with Crippen LogP contribution in [0.5, 0.6) is 5.75 Å². The van der Waals surface area contributed by atoms with Gasteiger partial charge in [0.2, 0.25) is 0 Å². The quantitative estimate of drug-likeness (QED) is 0.470. The van der Waals surface area contributed by atoms with Crippen molar-refractivity contribution in [3.63, 3.8) is 0 Å². The Labute approximate surface area is 180 Å². The van der Waals surface area contributed by atoms with Crippen molar-refractivity contribution in [2.45, 2.75) is 12.8 Å². The predicted molar refractivity (Wildman–Crippen MR) is 114 cm³/mol. The molecule has 3 aromatic rings. The number of para-hydroxylation sites is 2. The van der Waals surface area contributed by atoms with Crippen LogP contribution in [0.3, 0.4) is 0 Å². The van der Waals surface area contributed by atoms with Gasteiger partial charge in [-0.15, -0.1) is 0 Å². The summed E-state index contributed by atoms with van der Waals surface area (Å²) >= 11 is 0. The standard InChI is InChI=1S/C22H20F2N4O4/c1-22(23,24)12-32-18-7-6-13(10-26-18)27-20(30)14-11-25-15-8-9-28(21(31)19(14)15)16-4-2-3-5-17(16)29/h2-9,11,25-26,29H,10,12H2,1H3,(H,27,30). The molecule has 32 heavy (non-hydrogen) atoms. The van der Waals surface area contributed by atoms with Gasteiger partial charge in [0.05, 0.1) is 28.7 Å². The third-order valence-corrected chi connectivity index (χ3v) is 4.76. The summed E-state index contributed by atoms with van der Waals surface area (Å²) in [7, 11) is 0. The molecule has 4 N–H and O–H groups in total. The Morgan fingerprint density at radius 2 is 2.06 bits per heavy atom. The van der Waals surface area contributed by atoms with Crippen LogP contribution in [-0.4, -0.2) is 39.6 Å². The van der Waals surface area contributed by atoms with Gasteiger partial charge in [-0.1, -0.05) is 12.1 Å². The maximum atomic E-state index is 13.1. The molecule has 0 saturated heterocycles. The molecule has 0 aliphatic carbocycles. The van der Waals surface area contributed by atoms with Gasteiger partial charge in [0.1, 0.15) is 5.75 Å². The molecule has 0 atom stereocenters. The summed E-state index contributed by atoms with van der Waals surface area (Å²) in [5.41, 5.74) is 0.895. The van der Waals surface area contributed by atoms with E-state index in [9.17, 15) is 23.5 Å². The number of aromatic hydroxyl groups is 1. The molecule has 0 saturated carbocycles. The van der Waals surface area contributed by atoms with Crippen LogP contribution in [0, 0.1) is 0 Å². The summed E-state index contributed by atoms with van der Waals surface area (Å²) in [5, 5.41) is 15.8. The van der Waals surface area contributed by atoms with Crippen LogP contribution in [0.2, 0.25) is 0 Å². The number of dihydropyridines is 1. The number of rotatable bonds is 6. The number of ether oxygens (including phenoxy) is 1. The highest BCUT2D eigenvalue weighted by Gasteiger charge is 2.23. The second-order valence-corrected chi connectivity index (χ2v) is 7.36. The molecule has 1 aliphatic rings. The topological polar surface area (TPSA) is 108 Å². The number of carbonyl (C=O) groups excluding carboxylic acids is 1. The van der Waals surface area contributed by atoms with Crippen molar-refractivity contribution in [2.75, 3.05) is 13.2 Å². The molecule has 0 fully saturated rings. The van der Waals surface area contributed by atoms with E-state index in [1.807, 2.05) is 0 Å². The number of aromatic amines is 1. The Bertz CT molecular complexity index is 1300. The summed E-state index contributed by atoms with van der Waals surface area (Å²) in [6.45, 7) is 0.142. The Hall–Kier alpha value is -4.08. The molecular weight excluding hydrogens is 422 g/mol. The van der Waals surface area contributed by atoms with Crippen LogP contribution in [0.1, 0.15) is 17.3 Å². The lowest BCUT2D eigenvalue weighted by Crippen LogP contribution is -2.33. The smallest absolute Gasteiger partial charge is 0.278 e. The number of hydrogen-bond donors (Lipinski definition) is 4. The largest absolute Gasteiger partial charge is 0.506 e. The number of H-pyrrole nitrogens is 1. The molecule has 8 nitrogen and oxygen atoms in total. The number of carbonyl (C=O) groups is 1. The third-order valence-electron chi connectivity index (χ3n) is 4.76. The zero-order chi connectivity index (χ0) is 22.9. The van der Waals surface area contributed by atoms with E-state index in [1.165, 1.54) is 35.2 Å². The molecule has 0 bridgehead atoms. The summed E-state index contributed by atoms with van der Waals surface area (Å²) in [5.74, 6) is -3.38. The lowest BCUT2D eigenvalue weighted by Gasteiger charge is -2.20. The predicted octanol–water partition coefficient (Wildman–Crippen LogP) is 2.75. The molecular formula is C22H20F2N4O4. The fourth-order valence-corrected chi connectivity index (χ4v) is 3.25. The van der Waals surface area contributed by atoms with E-state index in [0.717, 1.165) is 6.92 Å². The van der Waals surface area contributed by atoms with Crippen LogP contribution >= 0.6 is 0 Å². The third kappa shape index (κ3) is 4.34. The van der Waals surface area contributed by atoms with Crippen molar-refractivity contribution in [3.05, 3.63) is 82.4 Å². The van der Waals surface area contributed by atoms with Crippen molar-refractivity contribution < 1.29 is 23.4 Å². The van der Waals surface area contributed by atoms with Crippen LogP contribution in [0.25, 0.3) is 16.6 Å². The van der Waals surface area contributed by atoms with E-state index < -0.39 is 24.0 Å².